The van der Waals surface area contributed by atoms with Crippen molar-refractivity contribution in [3.05, 3.63) is 41.7 Å². The Morgan fingerprint density at radius 3 is 2.60 bits per heavy atom. The minimum Gasteiger partial charge on any atom is -0.370 e. The van der Waals surface area contributed by atoms with E-state index in [4.69, 9.17) is 0 Å². The van der Waals surface area contributed by atoms with Crippen molar-refractivity contribution in [3.63, 3.8) is 0 Å². The lowest BCUT2D eigenvalue weighted by atomic mass is 10.0. The van der Waals surface area contributed by atoms with Crippen molar-refractivity contribution in [1.82, 2.24) is 9.97 Å². The molecule has 20 heavy (non-hydrogen) atoms. The molecule has 2 N–H and O–H groups in total. The van der Waals surface area contributed by atoms with Crippen molar-refractivity contribution in [3.8, 4) is 0 Å². The Morgan fingerprint density at radius 1 is 1.15 bits per heavy atom. The molecule has 0 spiro atoms. The van der Waals surface area contributed by atoms with Crippen LogP contribution in [0.4, 0.5) is 17.3 Å². The molecule has 1 aromatic heterocycles. The highest BCUT2D eigenvalue weighted by molar-refractivity contribution is 5.64. The Morgan fingerprint density at radius 2 is 1.90 bits per heavy atom. The van der Waals surface area contributed by atoms with Gasteiger partial charge < -0.3 is 10.6 Å². The van der Waals surface area contributed by atoms with Crippen molar-refractivity contribution in [2.24, 2.45) is 0 Å². The van der Waals surface area contributed by atoms with Gasteiger partial charge in [-0.3, -0.25) is 0 Å². The summed E-state index contributed by atoms with van der Waals surface area (Å²) in [6.45, 7) is 9.31. The molecular weight excluding hydrogens is 248 g/mol. The van der Waals surface area contributed by atoms with Crippen LogP contribution in [0.1, 0.15) is 37.8 Å². The average Bonchev–Trinajstić information content (AvgIpc) is 2.44. The fourth-order valence-electron chi connectivity index (χ4n) is 2.03. The fraction of sp³-hybridized carbons (Fsp3) is 0.375. The molecule has 4 nitrogen and oxygen atoms in total. The molecule has 0 bridgehead atoms. The van der Waals surface area contributed by atoms with Gasteiger partial charge in [0, 0.05) is 17.8 Å². The quantitative estimate of drug-likeness (QED) is 0.859. The van der Waals surface area contributed by atoms with Crippen molar-refractivity contribution in [2.45, 2.75) is 33.6 Å². The summed E-state index contributed by atoms with van der Waals surface area (Å²) in [5.41, 5.74) is 3.40. The lowest BCUT2D eigenvalue weighted by molar-refractivity contribution is 0.867. The molecule has 0 amide bonds. The van der Waals surface area contributed by atoms with Gasteiger partial charge in [0.15, 0.2) is 0 Å². The number of benzene rings is 1. The molecular formula is C16H22N4. The highest BCUT2D eigenvalue weighted by Gasteiger charge is 2.07. The third kappa shape index (κ3) is 3.26. The molecule has 2 aromatic rings. The second-order valence-electron chi connectivity index (χ2n) is 5.13. The summed E-state index contributed by atoms with van der Waals surface area (Å²) in [7, 11) is 0. The van der Waals surface area contributed by atoms with Gasteiger partial charge in [-0.15, -0.1) is 0 Å². The van der Waals surface area contributed by atoms with Crippen LogP contribution in [0.2, 0.25) is 0 Å². The molecule has 0 aliphatic heterocycles. The van der Waals surface area contributed by atoms with Crippen molar-refractivity contribution < 1.29 is 0 Å². The van der Waals surface area contributed by atoms with Crippen LogP contribution in [-0.4, -0.2) is 16.5 Å². The van der Waals surface area contributed by atoms with E-state index in [2.05, 4.69) is 65.6 Å². The SMILES string of the molecule is CCNc1ncnc(Nc2cccc(C(C)C)c2)c1C. The van der Waals surface area contributed by atoms with Crippen LogP contribution in [0.25, 0.3) is 0 Å². The highest BCUT2D eigenvalue weighted by Crippen LogP contribution is 2.24. The van der Waals surface area contributed by atoms with E-state index in [1.54, 1.807) is 6.33 Å². The van der Waals surface area contributed by atoms with E-state index < -0.39 is 0 Å². The highest BCUT2D eigenvalue weighted by atomic mass is 15.1. The van der Waals surface area contributed by atoms with Crippen molar-refractivity contribution >= 4 is 17.3 Å². The zero-order valence-electron chi connectivity index (χ0n) is 12.6. The molecule has 2 rings (SSSR count). The number of aromatic nitrogens is 2. The molecule has 0 radical (unpaired) electrons. The van der Waals surface area contributed by atoms with E-state index in [0.29, 0.717) is 5.92 Å². The van der Waals surface area contributed by atoms with Gasteiger partial charge in [-0.25, -0.2) is 9.97 Å². The molecule has 106 valence electrons. The summed E-state index contributed by atoms with van der Waals surface area (Å²) in [5.74, 6) is 2.24. The summed E-state index contributed by atoms with van der Waals surface area (Å²) in [4.78, 5) is 8.58. The second kappa shape index (κ2) is 6.37. The van der Waals surface area contributed by atoms with Gasteiger partial charge in [0.25, 0.3) is 0 Å². The average molecular weight is 270 g/mol. The second-order valence-corrected chi connectivity index (χ2v) is 5.13. The molecule has 4 heteroatoms. The largest absolute Gasteiger partial charge is 0.370 e. The van der Waals surface area contributed by atoms with Gasteiger partial charge in [0.05, 0.1) is 0 Å². The van der Waals surface area contributed by atoms with Crippen LogP contribution >= 0.6 is 0 Å². The lowest BCUT2D eigenvalue weighted by Crippen LogP contribution is -2.05. The first-order valence-electron chi connectivity index (χ1n) is 7.04. The normalized spacial score (nSPS) is 10.7. The Kier molecular flexibility index (Phi) is 4.56. The molecule has 0 fully saturated rings. The zero-order valence-corrected chi connectivity index (χ0v) is 12.6. The maximum absolute atomic E-state index is 4.33. The number of nitrogens with one attached hydrogen (secondary N) is 2. The maximum Gasteiger partial charge on any atom is 0.138 e. The van der Waals surface area contributed by atoms with Crippen LogP contribution in [0.3, 0.4) is 0 Å². The summed E-state index contributed by atoms with van der Waals surface area (Å²) < 4.78 is 0. The molecule has 0 aliphatic rings. The predicted octanol–water partition coefficient (Wildman–Crippen LogP) is 4.08. The zero-order chi connectivity index (χ0) is 14.5. The van der Waals surface area contributed by atoms with Gasteiger partial charge in [-0.1, -0.05) is 26.0 Å². The predicted molar refractivity (Wildman–Crippen MR) is 84.7 cm³/mol. The Hall–Kier alpha value is -2.10. The molecule has 0 saturated carbocycles. The Labute approximate surface area is 120 Å². The van der Waals surface area contributed by atoms with Crippen molar-refractivity contribution in [2.75, 3.05) is 17.2 Å². The van der Waals surface area contributed by atoms with Crippen LogP contribution in [-0.2, 0) is 0 Å². The summed E-state index contributed by atoms with van der Waals surface area (Å²) in [5, 5.41) is 6.62. The van der Waals surface area contributed by atoms with Gasteiger partial charge in [-0.2, -0.15) is 0 Å². The smallest absolute Gasteiger partial charge is 0.138 e. The molecule has 0 atom stereocenters. The minimum atomic E-state index is 0.514. The first-order valence-corrected chi connectivity index (χ1v) is 7.04. The van der Waals surface area contributed by atoms with Crippen molar-refractivity contribution in [1.29, 1.82) is 0 Å². The van der Waals surface area contributed by atoms with Gasteiger partial charge >= 0.3 is 0 Å². The first-order chi connectivity index (χ1) is 9.61. The molecule has 0 unspecified atom stereocenters. The third-order valence-corrected chi connectivity index (χ3v) is 3.24. The number of hydrogen-bond acceptors (Lipinski definition) is 4. The van der Waals surface area contributed by atoms with Crippen LogP contribution < -0.4 is 10.6 Å². The van der Waals surface area contributed by atoms with Crippen LogP contribution in [0, 0.1) is 6.92 Å². The number of nitrogens with zero attached hydrogens (tertiary/aromatic N) is 2. The monoisotopic (exact) mass is 270 g/mol. The fourth-order valence-corrected chi connectivity index (χ4v) is 2.03. The van der Waals surface area contributed by atoms with E-state index in [1.165, 1.54) is 5.56 Å². The maximum atomic E-state index is 4.33. The topological polar surface area (TPSA) is 49.8 Å². The summed E-state index contributed by atoms with van der Waals surface area (Å²) in [6.07, 6.45) is 1.58. The number of hydrogen-bond donors (Lipinski definition) is 2. The molecule has 1 aromatic carbocycles. The lowest BCUT2D eigenvalue weighted by Gasteiger charge is -2.13. The van der Waals surface area contributed by atoms with E-state index in [1.807, 2.05) is 6.92 Å². The molecule has 0 aliphatic carbocycles. The van der Waals surface area contributed by atoms with Crippen LogP contribution in [0.5, 0.6) is 0 Å². The first kappa shape index (κ1) is 14.3. The van der Waals surface area contributed by atoms with E-state index in [0.717, 1.165) is 29.4 Å². The summed E-state index contributed by atoms with van der Waals surface area (Å²) >= 11 is 0. The van der Waals surface area contributed by atoms with Gasteiger partial charge in [-0.05, 0) is 37.5 Å². The minimum absolute atomic E-state index is 0.514. The number of rotatable bonds is 5. The van der Waals surface area contributed by atoms with E-state index >= 15 is 0 Å². The molecule has 1 heterocycles. The number of anilines is 3. The summed E-state index contributed by atoms with van der Waals surface area (Å²) in [6, 6.07) is 8.44. The van der Waals surface area contributed by atoms with E-state index in [9.17, 15) is 0 Å². The standard InChI is InChI=1S/C16H22N4/c1-5-17-15-12(4)16(19-10-18-15)20-14-8-6-7-13(9-14)11(2)3/h6-11H,5H2,1-4H3,(H2,17,18,19,20). The Bertz CT molecular complexity index is 578. The molecule has 0 saturated heterocycles. The third-order valence-electron chi connectivity index (χ3n) is 3.24. The Balaban J connectivity index is 2.26. The van der Waals surface area contributed by atoms with Gasteiger partial charge in [0.2, 0.25) is 0 Å². The van der Waals surface area contributed by atoms with Crippen LogP contribution in [0.15, 0.2) is 30.6 Å². The van der Waals surface area contributed by atoms with Gasteiger partial charge in [0.1, 0.15) is 18.0 Å². The van der Waals surface area contributed by atoms with E-state index in [-0.39, 0.29) is 0 Å².